The molecule has 40 heavy (non-hydrogen) atoms. The third-order valence-corrected chi connectivity index (χ3v) is 7.26. The number of rotatable bonds is 11. The molecule has 3 amide bonds. The quantitative estimate of drug-likeness (QED) is 0.150. The van der Waals surface area contributed by atoms with Crippen LogP contribution in [0.5, 0.6) is 0 Å². The highest BCUT2D eigenvalue weighted by molar-refractivity contribution is 5.94. The molecule has 2 aromatic carbocycles. The van der Waals surface area contributed by atoms with Crippen LogP contribution in [-0.2, 0) is 32.0 Å². The zero-order valence-corrected chi connectivity index (χ0v) is 21.8. The van der Waals surface area contributed by atoms with Crippen LogP contribution in [0.3, 0.4) is 0 Å². The summed E-state index contributed by atoms with van der Waals surface area (Å²) >= 11 is 0. The minimum absolute atomic E-state index is 0.0588. The molecular formula is C29H32N6O5. The first kappa shape index (κ1) is 26.9. The van der Waals surface area contributed by atoms with Crippen molar-refractivity contribution in [3.8, 4) is 0 Å². The number of H-pyrrole nitrogens is 2. The smallest absolute Gasteiger partial charge is 0.326 e. The molecule has 0 bridgehead atoms. The monoisotopic (exact) mass is 544 g/mol. The van der Waals surface area contributed by atoms with Crippen LogP contribution in [0.1, 0.15) is 24.0 Å². The van der Waals surface area contributed by atoms with E-state index in [0.717, 1.165) is 45.9 Å². The highest BCUT2D eigenvalue weighted by Gasteiger charge is 2.29. The number of carbonyl (C=O) groups excluding carboxylic acids is 3. The summed E-state index contributed by atoms with van der Waals surface area (Å²) in [6, 6.07) is 12.5. The van der Waals surface area contributed by atoms with Crippen molar-refractivity contribution in [1.82, 2.24) is 31.2 Å². The molecule has 1 aliphatic heterocycles. The molecule has 1 fully saturated rings. The lowest BCUT2D eigenvalue weighted by Crippen LogP contribution is -2.54. The second-order valence-corrected chi connectivity index (χ2v) is 10.0. The number of carboxylic acid groups (broad SMARTS) is 1. The highest BCUT2D eigenvalue weighted by atomic mass is 16.4. The lowest BCUT2D eigenvalue weighted by Gasteiger charge is -2.22. The van der Waals surface area contributed by atoms with Gasteiger partial charge in [0, 0.05) is 47.0 Å². The Labute approximate surface area is 230 Å². The Balaban J connectivity index is 1.31. The Morgan fingerprint density at radius 3 is 2.02 bits per heavy atom. The number of carbonyl (C=O) groups is 4. The molecule has 4 aromatic rings. The van der Waals surface area contributed by atoms with Gasteiger partial charge in [-0.3, -0.25) is 14.4 Å². The van der Waals surface area contributed by atoms with Gasteiger partial charge in [0.2, 0.25) is 17.7 Å². The number of aromatic nitrogens is 2. The van der Waals surface area contributed by atoms with E-state index in [4.69, 9.17) is 0 Å². The summed E-state index contributed by atoms with van der Waals surface area (Å²) in [6.07, 6.45) is 5.28. The van der Waals surface area contributed by atoms with E-state index in [0.29, 0.717) is 6.42 Å². The molecule has 3 unspecified atom stereocenters. The highest BCUT2D eigenvalue weighted by Crippen LogP contribution is 2.21. The minimum Gasteiger partial charge on any atom is -0.480 e. The van der Waals surface area contributed by atoms with E-state index < -0.39 is 29.9 Å². The molecule has 11 heteroatoms. The zero-order chi connectivity index (χ0) is 28.1. The molecule has 1 saturated heterocycles. The molecule has 5 rings (SSSR count). The molecule has 1 aliphatic rings. The molecule has 0 aliphatic carbocycles. The van der Waals surface area contributed by atoms with Crippen molar-refractivity contribution in [3.05, 3.63) is 72.1 Å². The maximum absolute atomic E-state index is 13.5. The largest absolute Gasteiger partial charge is 0.480 e. The third kappa shape index (κ3) is 6.15. The maximum atomic E-state index is 13.5. The van der Waals surface area contributed by atoms with Gasteiger partial charge in [0.15, 0.2) is 0 Å². The van der Waals surface area contributed by atoms with E-state index in [2.05, 4.69) is 31.2 Å². The van der Waals surface area contributed by atoms with Crippen LogP contribution < -0.4 is 21.3 Å². The van der Waals surface area contributed by atoms with Crippen LogP contribution in [0.15, 0.2) is 60.9 Å². The summed E-state index contributed by atoms with van der Waals surface area (Å²) in [5.74, 6) is -2.63. The van der Waals surface area contributed by atoms with Crippen molar-refractivity contribution in [2.45, 2.75) is 43.8 Å². The zero-order valence-electron chi connectivity index (χ0n) is 21.8. The first-order valence-electron chi connectivity index (χ1n) is 13.3. The summed E-state index contributed by atoms with van der Waals surface area (Å²) in [6.45, 7) is 0.451. The topological polar surface area (TPSA) is 168 Å². The van der Waals surface area contributed by atoms with Crippen molar-refractivity contribution in [2.75, 3.05) is 13.1 Å². The molecule has 3 atom stereocenters. The third-order valence-electron chi connectivity index (χ3n) is 7.26. The number of carboxylic acids is 1. The van der Waals surface area contributed by atoms with Crippen LogP contribution in [0.4, 0.5) is 0 Å². The lowest BCUT2D eigenvalue weighted by molar-refractivity contribution is -0.142. The molecule has 3 heterocycles. The van der Waals surface area contributed by atoms with Crippen LogP contribution in [0.2, 0.25) is 0 Å². The number of nitrogens with one attached hydrogen (secondary N) is 6. The van der Waals surface area contributed by atoms with Gasteiger partial charge in [0.1, 0.15) is 12.1 Å². The van der Waals surface area contributed by atoms with Gasteiger partial charge in [-0.05, 0) is 42.6 Å². The standard InChI is InChI=1S/C29H32N6O5/c36-26(16-33-27(37)23-10-5-11-30-23)34-24(12-17-14-31-21-8-3-1-6-19(17)21)28(38)35-25(29(39)40)13-18-15-32-22-9-4-2-7-20(18)22/h1-4,6-9,14-15,23-25,30-32H,5,10-13,16H2,(H,33,37)(H,34,36)(H,35,38)(H,39,40). The minimum atomic E-state index is -1.22. The van der Waals surface area contributed by atoms with E-state index >= 15 is 0 Å². The number of para-hydroxylation sites is 2. The van der Waals surface area contributed by atoms with Crippen LogP contribution >= 0.6 is 0 Å². The summed E-state index contributed by atoms with van der Waals surface area (Å²) in [5.41, 5.74) is 3.29. The molecule has 0 spiro atoms. The first-order valence-corrected chi connectivity index (χ1v) is 13.3. The summed E-state index contributed by atoms with van der Waals surface area (Å²) in [7, 11) is 0. The SMILES string of the molecule is O=C(CNC(=O)C1CCCN1)NC(Cc1c[nH]c2ccccc12)C(=O)NC(Cc1c[nH]c2ccccc12)C(=O)O. The van der Waals surface area contributed by atoms with E-state index in [9.17, 15) is 24.3 Å². The Hall–Kier alpha value is -4.64. The normalized spacial score (nSPS) is 16.4. The van der Waals surface area contributed by atoms with Crippen molar-refractivity contribution in [2.24, 2.45) is 0 Å². The number of fused-ring (bicyclic) bond motifs is 2. The predicted octanol–water partition coefficient (Wildman–Crippen LogP) is 1.36. The van der Waals surface area contributed by atoms with E-state index in [-0.39, 0.29) is 31.3 Å². The van der Waals surface area contributed by atoms with Crippen LogP contribution in [0.25, 0.3) is 21.8 Å². The van der Waals surface area contributed by atoms with Crippen LogP contribution in [0, 0.1) is 0 Å². The fraction of sp³-hybridized carbons (Fsp3) is 0.310. The number of amides is 3. The molecule has 0 radical (unpaired) electrons. The van der Waals surface area contributed by atoms with E-state index in [1.807, 2.05) is 48.5 Å². The summed E-state index contributed by atoms with van der Waals surface area (Å²) in [5, 5.41) is 22.7. The van der Waals surface area contributed by atoms with E-state index in [1.165, 1.54) is 0 Å². The van der Waals surface area contributed by atoms with Gasteiger partial charge in [0.05, 0.1) is 12.6 Å². The van der Waals surface area contributed by atoms with Gasteiger partial charge < -0.3 is 36.3 Å². The van der Waals surface area contributed by atoms with Crippen molar-refractivity contribution in [3.63, 3.8) is 0 Å². The van der Waals surface area contributed by atoms with Crippen molar-refractivity contribution >= 4 is 45.5 Å². The molecule has 208 valence electrons. The number of hydrogen-bond donors (Lipinski definition) is 7. The van der Waals surface area contributed by atoms with E-state index in [1.54, 1.807) is 12.4 Å². The van der Waals surface area contributed by atoms with Gasteiger partial charge in [0.25, 0.3) is 0 Å². The number of hydrogen-bond acceptors (Lipinski definition) is 5. The van der Waals surface area contributed by atoms with Gasteiger partial charge >= 0.3 is 5.97 Å². The number of aromatic amines is 2. The molecule has 11 nitrogen and oxygen atoms in total. The van der Waals surface area contributed by atoms with Gasteiger partial charge in [-0.1, -0.05) is 36.4 Å². The second-order valence-electron chi connectivity index (χ2n) is 10.0. The van der Waals surface area contributed by atoms with Gasteiger partial charge in [-0.2, -0.15) is 0 Å². The maximum Gasteiger partial charge on any atom is 0.326 e. The van der Waals surface area contributed by atoms with Gasteiger partial charge in [-0.15, -0.1) is 0 Å². The Morgan fingerprint density at radius 1 is 0.850 bits per heavy atom. The average Bonchev–Trinajstić information content (AvgIpc) is 3.72. The van der Waals surface area contributed by atoms with Crippen LogP contribution in [-0.4, -0.2) is 70.0 Å². The summed E-state index contributed by atoms with van der Waals surface area (Å²) in [4.78, 5) is 57.1. The molecule has 2 aromatic heterocycles. The summed E-state index contributed by atoms with van der Waals surface area (Å²) < 4.78 is 0. The Kier molecular flexibility index (Phi) is 8.11. The second kappa shape index (κ2) is 12.0. The fourth-order valence-electron chi connectivity index (χ4n) is 5.17. The molecule has 0 saturated carbocycles. The Bertz CT molecular complexity index is 1540. The fourth-order valence-corrected chi connectivity index (χ4v) is 5.17. The van der Waals surface area contributed by atoms with Crippen molar-refractivity contribution < 1.29 is 24.3 Å². The van der Waals surface area contributed by atoms with Crippen molar-refractivity contribution in [1.29, 1.82) is 0 Å². The Morgan fingerprint density at radius 2 is 1.45 bits per heavy atom. The lowest BCUT2D eigenvalue weighted by atomic mass is 10.0. The first-order chi connectivity index (χ1) is 19.4. The molecular weight excluding hydrogens is 512 g/mol. The number of aliphatic carboxylic acids is 1. The average molecular weight is 545 g/mol. The number of benzene rings is 2. The van der Waals surface area contributed by atoms with Gasteiger partial charge in [-0.25, -0.2) is 4.79 Å². The molecule has 7 N–H and O–H groups in total. The predicted molar refractivity (Wildman–Crippen MR) is 150 cm³/mol.